The van der Waals surface area contributed by atoms with E-state index in [1.807, 2.05) is 30.3 Å². The zero-order chi connectivity index (χ0) is 19.4. The highest BCUT2D eigenvalue weighted by atomic mass is 79.9. The van der Waals surface area contributed by atoms with Crippen LogP contribution in [0.2, 0.25) is 0 Å². The topological polar surface area (TPSA) is 78.6 Å². The highest BCUT2D eigenvalue weighted by Gasteiger charge is 2.48. The Morgan fingerprint density at radius 2 is 1.54 bits per heavy atom. The lowest BCUT2D eigenvalue weighted by Crippen LogP contribution is -2.55. The molecular formula is C20H22BrNO4. The molecule has 0 fully saturated rings. The molecule has 2 rings (SSSR count). The van der Waals surface area contributed by atoms with Crippen molar-refractivity contribution in [2.75, 3.05) is 0 Å². The van der Waals surface area contributed by atoms with Gasteiger partial charge in [-0.1, -0.05) is 58.4 Å². The van der Waals surface area contributed by atoms with Gasteiger partial charge in [0.1, 0.15) is 12.2 Å². The van der Waals surface area contributed by atoms with Gasteiger partial charge in [-0.3, -0.25) is 0 Å². The second kappa shape index (κ2) is 8.01. The lowest BCUT2D eigenvalue weighted by Gasteiger charge is -2.30. The van der Waals surface area contributed by atoms with Gasteiger partial charge in [-0.05, 0) is 44.0 Å². The first-order chi connectivity index (χ1) is 12.1. The minimum atomic E-state index is -2.05. The number of benzene rings is 2. The molecule has 2 aromatic rings. The number of carbonyl (C=O) groups is 2. The van der Waals surface area contributed by atoms with Crippen LogP contribution in [0.15, 0.2) is 59.1 Å². The van der Waals surface area contributed by atoms with Crippen LogP contribution in [0, 0.1) is 0 Å². The number of ether oxygens (including phenoxy) is 2. The number of hydrogen-bond donors (Lipinski definition) is 1. The SMILES string of the molecule is CC(C)(C)OC(=O)C(N)(C(=O)OCc1ccccc1)c1ccc(Br)cc1. The molecule has 1 unspecified atom stereocenters. The van der Waals surface area contributed by atoms with E-state index in [2.05, 4.69) is 15.9 Å². The fraction of sp³-hybridized carbons (Fsp3) is 0.300. The predicted molar refractivity (Wildman–Crippen MR) is 102 cm³/mol. The molecule has 0 bridgehead atoms. The summed E-state index contributed by atoms with van der Waals surface area (Å²) in [7, 11) is 0. The molecule has 5 nitrogen and oxygen atoms in total. The average Bonchev–Trinajstić information content (AvgIpc) is 2.59. The molecule has 0 saturated heterocycles. The van der Waals surface area contributed by atoms with Gasteiger partial charge in [0.25, 0.3) is 0 Å². The van der Waals surface area contributed by atoms with Crippen LogP contribution in [0.5, 0.6) is 0 Å². The smallest absolute Gasteiger partial charge is 0.343 e. The Morgan fingerprint density at radius 3 is 2.08 bits per heavy atom. The van der Waals surface area contributed by atoms with Crippen molar-refractivity contribution in [3.8, 4) is 0 Å². The van der Waals surface area contributed by atoms with E-state index in [0.29, 0.717) is 5.56 Å². The van der Waals surface area contributed by atoms with E-state index in [1.165, 1.54) is 0 Å². The molecule has 0 heterocycles. The van der Waals surface area contributed by atoms with Crippen LogP contribution in [-0.2, 0) is 31.2 Å². The lowest BCUT2D eigenvalue weighted by atomic mass is 9.90. The lowest BCUT2D eigenvalue weighted by molar-refractivity contribution is -0.173. The fourth-order valence-electron chi connectivity index (χ4n) is 2.23. The summed E-state index contributed by atoms with van der Waals surface area (Å²) in [6.07, 6.45) is 0. The minimum absolute atomic E-state index is 0.0119. The summed E-state index contributed by atoms with van der Waals surface area (Å²) in [4.78, 5) is 25.6. The van der Waals surface area contributed by atoms with Crippen LogP contribution in [0.4, 0.5) is 0 Å². The molecule has 26 heavy (non-hydrogen) atoms. The average molecular weight is 420 g/mol. The summed E-state index contributed by atoms with van der Waals surface area (Å²) in [5, 5.41) is 0. The van der Waals surface area contributed by atoms with Crippen molar-refractivity contribution < 1.29 is 19.1 Å². The number of hydrogen-bond acceptors (Lipinski definition) is 5. The number of halogens is 1. The minimum Gasteiger partial charge on any atom is -0.459 e. The molecule has 1 atom stereocenters. The van der Waals surface area contributed by atoms with E-state index >= 15 is 0 Å². The van der Waals surface area contributed by atoms with Gasteiger partial charge in [-0.15, -0.1) is 0 Å². The van der Waals surface area contributed by atoms with Crippen LogP contribution < -0.4 is 5.73 Å². The second-order valence-electron chi connectivity index (χ2n) is 6.88. The van der Waals surface area contributed by atoms with Crippen molar-refractivity contribution in [2.24, 2.45) is 5.73 Å². The highest BCUT2D eigenvalue weighted by Crippen LogP contribution is 2.26. The van der Waals surface area contributed by atoms with Crippen LogP contribution in [0.1, 0.15) is 31.9 Å². The normalized spacial score (nSPS) is 13.6. The first-order valence-corrected chi connectivity index (χ1v) is 8.92. The van der Waals surface area contributed by atoms with Crippen molar-refractivity contribution in [3.05, 3.63) is 70.2 Å². The van der Waals surface area contributed by atoms with Gasteiger partial charge < -0.3 is 15.2 Å². The Hall–Kier alpha value is -2.18. The van der Waals surface area contributed by atoms with Crippen molar-refractivity contribution >= 4 is 27.9 Å². The molecule has 2 aromatic carbocycles. The van der Waals surface area contributed by atoms with Gasteiger partial charge >= 0.3 is 11.9 Å². The molecule has 2 N–H and O–H groups in total. The molecule has 0 aromatic heterocycles. The van der Waals surface area contributed by atoms with Gasteiger partial charge in [-0.25, -0.2) is 9.59 Å². The molecule has 0 aliphatic carbocycles. The van der Waals surface area contributed by atoms with E-state index in [0.717, 1.165) is 10.0 Å². The Balaban J connectivity index is 2.31. The zero-order valence-electron chi connectivity index (χ0n) is 15.0. The summed E-state index contributed by atoms with van der Waals surface area (Å²) in [6, 6.07) is 15.8. The number of rotatable bonds is 5. The Kier molecular flexibility index (Phi) is 6.21. The van der Waals surface area contributed by atoms with Gasteiger partial charge in [0.15, 0.2) is 0 Å². The third-order valence-corrected chi connectivity index (χ3v) is 4.08. The van der Waals surface area contributed by atoms with Gasteiger partial charge in [0, 0.05) is 4.47 Å². The maximum atomic E-state index is 12.8. The molecule has 6 heteroatoms. The van der Waals surface area contributed by atoms with Crippen molar-refractivity contribution in [3.63, 3.8) is 0 Å². The largest absolute Gasteiger partial charge is 0.459 e. The van der Waals surface area contributed by atoms with E-state index in [9.17, 15) is 9.59 Å². The summed E-state index contributed by atoms with van der Waals surface area (Å²) < 4.78 is 11.5. The maximum Gasteiger partial charge on any atom is 0.343 e. The van der Waals surface area contributed by atoms with Crippen molar-refractivity contribution in [1.29, 1.82) is 0 Å². The Labute approximate surface area is 161 Å². The highest BCUT2D eigenvalue weighted by molar-refractivity contribution is 9.10. The van der Waals surface area contributed by atoms with E-state index < -0.39 is 23.1 Å². The first kappa shape index (κ1) is 20.1. The van der Waals surface area contributed by atoms with Crippen LogP contribution in [0.3, 0.4) is 0 Å². The van der Waals surface area contributed by atoms with Crippen LogP contribution in [0.25, 0.3) is 0 Å². The van der Waals surface area contributed by atoms with Gasteiger partial charge in [-0.2, -0.15) is 0 Å². The van der Waals surface area contributed by atoms with Crippen molar-refractivity contribution in [2.45, 2.75) is 38.5 Å². The van der Waals surface area contributed by atoms with Crippen molar-refractivity contribution in [1.82, 2.24) is 0 Å². The Bertz CT molecular complexity index is 769. The standard InChI is InChI=1S/C20H22BrNO4/c1-19(2,3)26-18(24)20(22,15-9-11-16(21)12-10-15)17(23)25-13-14-7-5-4-6-8-14/h4-12H,13,22H2,1-3H3. The third-order valence-electron chi connectivity index (χ3n) is 3.56. The van der Waals surface area contributed by atoms with Gasteiger partial charge in [0.05, 0.1) is 0 Å². The molecule has 0 saturated carbocycles. The molecule has 0 amide bonds. The maximum absolute atomic E-state index is 12.8. The zero-order valence-corrected chi connectivity index (χ0v) is 16.6. The molecule has 0 radical (unpaired) electrons. The number of esters is 2. The van der Waals surface area contributed by atoms with Crippen LogP contribution in [-0.4, -0.2) is 17.5 Å². The first-order valence-electron chi connectivity index (χ1n) is 8.12. The van der Waals surface area contributed by atoms with Crippen LogP contribution >= 0.6 is 15.9 Å². The summed E-state index contributed by atoms with van der Waals surface area (Å²) in [5.41, 5.74) is 4.51. The summed E-state index contributed by atoms with van der Waals surface area (Å²) in [6.45, 7) is 5.14. The summed E-state index contributed by atoms with van der Waals surface area (Å²) >= 11 is 3.32. The second-order valence-corrected chi connectivity index (χ2v) is 7.79. The predicted octanol–water partition coefficient (Wildman–Crippen LogP) is 3.69. The molecule has 0 aliphatic heterocycles. The quantitative estimate of drug-likeness (QED) is 0.590. The monoisotopic (exact) mass is 419 g/mol. The number of nitrogens with two attached hydrogens (primary N) is 1. The molecule has 0 aliphatic rings. The van der Waals surface area contributed by atoms with E-state index in [4.69, 9.17) is 15.2 Å². The van der Waals surface area contributed by atoms with Gasteiger partial charge in [0.2, 0.25) is 5.54 Å². The molecular weight excluding hydrogens is 398 g/mol. The fourth-order valence-corrected chi connectivity index (χ4v) is 2.49. The molecule has 0 spiro atoms. The van der Waals surface area contributed by atoms with E-state index in [1.54, 1.807) is 45.0 Å². The Morgan fingerprint density at radius 1 is 0.962 bits per heavy atom. The summed E-state index contributed by atoms with van der Waals surface area (Å²) in [5.74, 6) is -1.72. The molecule has 138 valence electrons. The third kappa shape index (κ3) is 4.93. The number of carbonyl (C=O) groups excluding carboxylic acids is 2. The van der Waals surface area contributed by atoms with E-state index in [-0.39, 0.29) is 6.61 Å².